The van der Waals surface area contributed by atoms with Crippen LogP contribution in [0.2, 0.25) is 0 Å². The molecule has 0 aliphatic heterocycles. The van der Waals surface area contributed by atoms with E-state index in [4.69, 9.17) is 14.5 Å². The Morgan fingerprint density at radius 2 is 1.92 bits per heavy atom. The number of nitrogens with zero attached hydrogens (tertiary/aromatic N) is 2. The van der Waals surface area contributed by atoms with Crippen molar-refractivity contribution < 1.29 is 9.47 Å². The molecule has 0 aliphatic rings. The van der Waals surface area contributed by atoms with Gasteiger partial charge in [0.25, 0.3) is 0 Å². The van der Waals surface area contributed by atoms with E-state index in [1.165, 1.54) is 0 Å². The molecule has 0 aliphatic carbocycles. The van der Waals surface area contributed by atoms with Crippen LogP contribution in [-0.2, 0) is 0 Å². The number of hydrogen-bond acceptors (Lipinski definition) is 5. The zero-order chi connectivity index (χ0) is 17.1. The van der Waals surface area contributed by atoms with Crippen molar-refractivity contribution in [3.05, 3.63) is 47.5 Å². The molecule has 0 N–H and O–H groups in total. The van der Waals surface area contributed by atoms with Gasteiger partial charge >= 0.3 is 0 Å². The molecule has 1 aromatic carbocycles. The first kappa shape index (κ1) is 16.5. The zero-order valence-corrected chi connectivity index (χ0v) is 15.1. The number of rotatable bonds is 5. The average Bonchev–Trinajstić information content (AvgIpc) is 3.04. The van der Waals surface area contributed by atoms with E-state index in [9.17, 15) is 0 Å². The molecule has 5 heteroatoms. The summed E-state index contributed by atoms with van der Waals surface area (Å²) in [7, 11) is 1.68. The van der Waals surface area contributed by atoms with E-state index in [2.05, 4.69) is 16.4 Å². The summed E-state index contributed by atoms with van der Waals surface area (Å²) in [6.07, 6.45) is 1.85. The molecule has 2 aromatic heterocycles. The molecule has 124 valence electrons. The van der Waals surface area contributed by atoms with Crippen molar-refractivity contribution in [3.8, 4) is 33.5 Å². The fourth-order valence-corrected chi connectivity index (χ4v) is 3.25. The third-order valence-electron chi connectivity index (χ3n) is 3.53. The van der Waals surface area contributed by atoms with E-state index in [-0.39, 0.29) is 6.10 Å². The molecule has 3 rings (SSSR count). The SMILES string of the molecule is COc1ccc(-c2csc(-c3ccnc(OC(C)C)c3)n2)cc1C. The van der Waals surface area contributed by atoms with E-state index >= 15 is 0 Å². The lowest BCUT2D eigenvalue weighted by Gasteiger charge is -2.08. The lowest BCUT2D eigenvalue weighted by molar-refractivity contribution is 0.233. The van der Waals surface area contributed by atoms with Gasteiger partial charge in [0, 0.05) is 28.8 Å². The number of benzene rings is 1. The summed E-state index contributed by atoms with van der Waals surface area (Å²) in [5.41, 5.74) is 4.16. The van der Waals surface area contributed by atoms with Gasteiger partial charge in [0.15, 0.2) is 0 Å². The van der Waals surface area contributed by atoms with Crippen LogP contribution in [0.3, 0.4) is 0 Å². The molecule has 0 amide bonds. The molecular formula is C19H20N2O2S. The Labute approximate surface area is 146 Å². The molecule has 0 unspecified atom stereocenters. The van der Waals surface area contributed by atoms with Gasteiger partial charge in [-0.15, -0.1) is 11.3 Å². The van der Waals surface area contributed by atoms with E-state index in [1.54, 1.807) is 24.6 Å². The third-order valence-corrected chi connectivity index (χ3v) is 4.42. The van der Waals surface area contributed by atoms with Gasteiger partial charge < -0.3 is 9.47 Å². The number of thiazole rings is 1. The van der Waals surface area contributed by atoms with Gasteiger partial charge in [0.1, 0.15) is 10.8 Å². The summed E-state index contributed by atoms with van der Waals surface area (Å²) < 4.78 is 11.0. The summed E-state index contributed by atoms with van der Waals surface area (Å²) in [5, 5.41) is 3.02. The highest BCUT2D eigenvalue weighted by Gasteiger charge is 2.10. The quantitative estimate of drug-likeness (QED) is 0.657. The van der Waals surface area contributed by atoms with Crippen molar-refractivity contribution in [3.63, 3.8) is 0 Å². The lowest BCUT2D eigenvalue weighted by Crippen LogP contribution is -2.06. The molecule has 4 nitrogen and oxygen atoms in total. The minimum absolute atomic E-state index is 0.0990. The summed E-state index contributed by atoms with van der Waals surface area (Å²) in [5.74, 6) is 1.51. The van der Waals surface area contributed by atoms with E-state index in [0.717, 1.165) is 33.1 Å². The predicted molar refractivity (Wildman–Crippen MR) is 97.8 cm³/mol. The number of ether oxygens (including phenoxy) is 2. The van der Waals surface area contributed by atoms with Crippen LogP contribution in [0.5, 0.6) is 11.6 Å². The second kappa shape index (κ2) is 7.01. The summed E-state index contributed by atoms with van der Waals surface area (Å²) in [6.45, 7) is 6.01. The topological polar surface area (TPSA) is 44.2 Å². The standard InChI is InChI=1S/C19H20N2O2S/c1-12(2)23-18-10-15(7-8-20-18)19-21-16(11-24-19)14-5-6-17(22-4)13(3)9-14/h5-12H,1-4H3. The van der Waals surface area contributed by atoms with Crippen molar-refractivity contribution in [1.29, 1.82) is 0 Å². The maximum absolute atomic E-state index is 5.66. The number of methoxy groups -OCH3 is 1. The fraction of sp³-hybridized carbons (Fsp3) is 0.263. The maximum atomic E-state index is 5.66. The normalized spacial score (nSPS) is 10.9. The van der Waals surface area contributed by atoms with Gasteiger partial charge in [0.2, 0.25) is 5.88 Å². The van der Waals surface area contributed by atoms with Crippen molar-refractivity contribution in [2.75, 3.05) is 7.11 Å². The number of pyridine rings is 1. The van der Waals surface area contributed by atoms with Crippen LogP contribution in [0, 0.1) is 6.92 Å². The number of hydrogen-bond donors (Lipinski definition) is 0. The van der Waals surface area contributed by atoms with Crippen LogP contribution in [0.15, 0.2) is 41.9 Å². The van der Waals surface area contributed by atoms with Crippen LogP contribution in [0.4, 0.5) is 0 Å². The van der Waals surface area contributed by atoms with Crippen LogP contribution < -0.4 is 9.47 Å². The molecule has 24 heavy (non-hydrogen) atoms. The molecule has 0 fully saturated rings. The molecule has 0 bridgehead atoms. The first-order valence-electron chi connectivity index (χ1n) is 7.80. The first-order chi connectivity index (χ1) is 11.6. The van der Waals surface area contributed by atoms with Crippen LogP contribution in [-0.4, -0.2) is 23.2 Å². The highest BCUT2D eigenvalue weighted by molar-refractivity contribution is 7.13. The summed E-state index contributed by atoms with van der Waals surface area (Å²) in [6, 6.07) is 9.99. The van der Waals surface area contributed by atoms with E-state index in [1.807, 2.05) is 45.0 Å². The lowest BCUT2D eigenvalue weighted by atomic mass is 10.1. The zero-order valence-electron chi connectivity index (χ0n) is 14.2. The Hall–Kier alpha value is -2.40. The van der Waals surface area contributed by atoms with Crippen molar-refractivity contribution in [2.45, 2.75) is 26.9 Å². The van der Waals surface area contributed by atoms with Crippen LogP contribution >= 0.6 is 11.3 Å². The average molecular weight is 340 g/mol. The third kappa shape index (κ3) is 3.57. The Kier molecular flexibility index (Phi) is 4.81. The minimum atomic E-state index is 0.0990. The molecule has 0 radical (unpaired) electrons. The van der Waals surface area contributed by atoms with Gasteiger partial charge in [-0.25, -0.2) is 9.97 Å². The highest BCUT2D eigenvalue weighted by atomic mass is 32.1. The second-order valence-electron chi connectivity index (χ2n) is 5.77. The summed E-state index contributed by atoms with van der Waals surface area (Å²) >= 11 is 1.62. The highest BCUT2D eigenvalue weighted by Crippen LogP contribution is 2.32. The van der Waals surface area contributed by atoms with Crippen molar-refractivity contribution in [2.24, 2.45) is 0 Å². The molecule has 3 aromatic rings. The van der Waals surface area contributed by atoms with Crippen LogP contribution in [0.25, 0.3) is 21.8 Å². The van der Waals surface area contributed by atoms with Crippen molar-refractivity contribution in [1.82, 2.24) is 9.97 Å². The van der Waals surface area contributed by atoms with Gasteiger partial charge in [-0.1, -0.05) is 0 Å². The van der Waals surface area contributed by atoms with Gasteiger partial charge in [-0.05, 0) is 50.6 Å². The van der Waals surface area contributed by atoms with Gasteiger partial charge in [0.05, 0.1) is 18.9 Å². The van der Waals surface area contributed by atoms with E-state index in [0.29, 0.717) is 5.88 Å². The molecule has 0 spiro atoms. The van der Waals surface area contributed by atoms with Gasteiger partial charge in [-0.2, -0.15) is 0 Å². The molecule has 0 saturated heterocycles. The largest absolute Gasteiger partial charge is 0.496 e. The monoisotopic (exact) mass is 340 g/mol. The Balaban J connectivity index is 1.89. The smallest absolute Gasteiger partial charge is 0.214 e. The van der Waals surface area contributed by atoms with Crippen LogP contribution in [0.1, 0.15) is 19.4 Å². The molecular weight excluding hydrogens is 320 g/mol. The Bertz CT molecular complexity index is 843. The first-order valence-corrected chi connectivity index (χ1v) is 8.68. The predicted octanol–water partition coefficient (Wildman–Crippen LogP) is 4.98. The maximum Gasteiger partial charge on any atom is 0.214 e. The Morgan fingerprint density at radius 1 is 1.08 bits per heavy atom. The minimum Gasteiger partial charge on any atom is -0.496 e. The van der Waals surface area contributed by atoms with E-state index < -0.39 is 0 Å². The molecule has 0 atom stereocenters. The number of aryl methyl sites for hydroxylation is 1. The van der Waals surface area contributed by atoms with Gasteiger partial charge in [-0.3, -0.25) is 0 Å². The second-order valence-corrected chi connectivity index (χ2v) is 6.63. The number of aromatic nitrogens is 2. The fourth-order valence-electron chi connectivity index (χ4n) is 2.43. The van der Waals surface area contributed by atoms with Crippen molar-refractivity contribution >= 4 is 11.3 Å². The summed E-state index contributed by atoms with van der Waals surface area (Å²) in [4.78, 5) is 9.00. The Morgan fingerprint density at radius 3 is 2.62 bits per heavy atom. The molecule has 2 heterocycles. The molecule has 0 saturated carbocycles.